The van der Waals surface area contributed by atoms with Crippen molar-refractivity contribution in [2.24, 2.45) is 0 Å². The molecule has 2 aromatic rings. The zero-order chi connectivity index (χ0) is 14.8. The van der Waals surface area contributed by atoms with E-state index in [2.05, 4.69) is 11.0 Å². The maximum Gasteiger partial charge on any atom is 0.133 e. The number of nitriles is 1. The van der Waals surface area contributed by atoms with Crippen LogP contribution in [0.3, 0.4) is 0 Å². The Morgan fingerprint density at radius 2 is 1.86 bits per heavy atom. The third-order valence-electron chi connectivity index (χ3n) is 3.87. The van der Waals surface area contributed by atoms with E-state index in [-0.39, 0.29) is 5.82 Å². The van der Waals surface area contributed by atoms with Gasteiger partial charge in [0.1, 0.15) is 23.4 Å². The number of anilines is 2. The van der Waals surface area contributed by atoms with E-state index < -0.39 is 0 Å². The molecule has 1 aromatic carbocycles. The van der Waals surface area contributed by atoms with Crippen LogP contribution in [0.25, 0.3) is 0 Å². The van der Waals surface area contributed by atoms with Gasteiger partial charge in [-0.1, -0.05) is 12.1 Å². The molecular formula is C16H17FN4. The summed E-state index contributed by atoms with van der Waals surface area (Å²) in [5.41, 5.74) is 8.23. The molecule has 1 aliphatic rings. The Bertz CT molecular complexity index is 676. The van der Waals surface area contributed by atoms with Gasteiger partial charge in [-0.15, -0.1) is 0 Å². The van der Waals surface area contributed by atoms with Crippen LogP contribution in [0.15, 0.2) is 30.3 Å². The van der Waals surface area contributed by atoms with Crippen LogP contribution in [0.1, 0.15) is 24.1 Å². The monoisotopic (exact) mass is 284 g/mol. The first-order valence-electron chi connectivity index (χ1n) is 7.07. The summed E-state index contributed by atoms with van der Waals surface area (Å²) in [4.78, 5) is 2.22. The zero-order valence-electron chi connectivity index (χ0n) is 11.7. The fourth-order valence-electron chi connectivity index (χ4n) is 2.87. The van der Waals surface area contributed by atoms with Crippen molar-refractivity contribution in [2.75, 3.05) is 23.7 Å². The number of hydrogen-bond donors (Lipinski definition) is 1. The molecule has 3 rings (SSSR count). The van der Waals surface area contributed by atoms with Crippen molar-refractivity contribution in [1.82, 2.24) is 4.57 Å². The molecule has 0 amide bonds. The van der Waals surface area contributed by atoms with Crippen LogP contribution >= 0.6 is 0 Å². The topological polar surface area (TPSA) is 58.0 Å². The Labute approximate surface area is 123 Å². The molecule has 0 atom stereocenters. The summed E-state index contributed by atoms with van der Waals surface area (Å²) in [7, 11) is 0. The average Bonchev–Trinajstić information content (AvgIpc) is 3.09. The number of nitrogen functional groups attached to an aromatic ring is 1. The van der Waals surface area contributed by atoms with Gasteiger partial charge in [0.05, 0.1) is 12.2 Å². The largest absolute Gasteiger partial charge is 0.396 e. The van der Waals surface area contributed by atoms with Gasteiger partial charge in [-0.3, -0.25) is 0 Å². The highest BCUT2D eigenvalue weighted by Crippen LogP contribution is 2.31. The molecule has 1 aliphatic heterocycles. The van der Waals surface area contributed by atoms with Crippen molar-refractivity contribution in [3.8, 4) is 6.07 Å². The molecule has 1 aromatic heterocycles. The third-order valence-corrected chi connectivity index (χ3v) is 3.87. The number of benzene rings is 1. The van der Waals surface area contributed by atoms with Crippen molar-refractivity contribution in [3.63, 3.8) is 0 Å². The molecule has 21 heavy (non-hydrogen) atoms. The Kier molecular flexibility index (Phi) is 3.53. The molecule has 0 aliphatic carbocycles. The molecule has 5 heteroatoms. The van der Waals surface area contributed by atoms with Crippen LogP contribution in [0.2, 0.25) is 0 Å². The van der Waals surface area contributed by atoms with Crippen LogP contribution in [0.4, 0.5) is 15.9 Å². The number of nitrogens with zero attached hydrogens (tertiary/aromatic N) is 3. The lowest BCUT2D eigenvalue weighted by molar-refractivity contribution is 0.626. The van der Waals surface area contributed by atoms with Gasteiger partial charge >= 0.3 is 0 Å². The molecular weight excluding hydrogens is 267 g/mol. The van der Waals surface area contributed by atoms with Crippen molar-refractivity contribution in [2.45, 2.75) is 19.4 Å². The Morgan fingerprint density at radius 3 is 2.48 bits per heavy atom. The van der Waals surface area contributed by atoms with Gasteiger partial charge in [-0.2, -0.15) is 5.26 Å². The summed E-state index contributed by atoms with van der Waals surface area (Å²) in [5, 5.41) is 9.32. The van der Waals surface area contributed by atoms with Gasteiger partial charge in [-0.25, -0.2) is 4.39 Å². The normalized spacial score (nSPS) is 14.4. The predicted octanol–water partition coefficient (Wildman–Crippen LogP) is 2.73. The molecule has 2 heterocycles. The molecule has 0 spiro atoms. The van der Waals surface area contributed by atoms with Crippen molar-refractivity contribution in [1.29, 1.82) is 5.26 Å². The minimum absolute atomic E-state index is 0.258. The highest BCUT2D eigenvalue weighted by atomic mass is 19.1. The molecule has 0 radical (unpaired) electrons. The summed E-state index contributed by atoms with van der Waals surface area (Å²) in [6.45, 7) is 2.44. The van der Waals surface area contributed by atoms with E-state index in [0.29, 0.717) is 17.9 Å². The Hall–Kier alpha value is -2.48. The summed E-state index contributed by atoms with van der Waals surface area (Å²) in [5.74, 6) is 0.652. The van der Waals surface area contributed by atoms with E-state index in [1.807, 2.05) is 4.57 Å². The highest BCUT2D eigenvalue weighted by Gasteiger charge is 2.21. The van der Waals surface area contributed by atoms with Crippen LogP contribution < -0.4 is 10.6 Å². The van der Waals surface area contributed by atoms with Gasteiger partial charge in [0.15, 0.2) is 0 Å². The fraction of sp³-hybridized carbons (Fsp3) is 0.312. The predicted molar refractivity (Wildman–Crippen MR) is 80.5 cm³/mol. The van der Waals surface area contributed by atoms with Crippen LogP contribution in [0.5, 0.6) is 0 Å². The summed E-state index contributed by atoms with van der Waals surface area (Å²) in [6.07, 6.45) is 2.28. The molecule has 0 saturated carbocycles. The van der Waals surface area contributed by atoms with Gasteiger partial charge in [-0.05, 0) is 36.6 Å². The van der Waals surface area contributed by atoms with Crippen LogP contribution in [-0.4, -0.2) is 17.7 Å². The van der Waals surface area contributed by atoms with Crippen LogP contribution in [-0.2, 0) is 6.54 Å². The second-order valence-corrected chi connectivity index (χ2v) is 5.33. The zero-order valence-corrected chi connectivity index (χ0v) is 11.7. The number of nitrogens with two attached hydrogens (primary N) is 1. The third kappa shape index (κ3) is 2.57. The number of hydrogen-bond acceptors (Lipinski definition) is 3. The summed E-state index contributed by atoms with van der Waals surface area (Å²) in [6, 6.07) is 10.3. The first-order valence-corrected chi connectivity index (χ1v) is 7.07. The lowest BCUT2D eigenvalue weighted by atomic mass is 10.2. The van der Waals surface area contributed by atoms with Gasteiger partial charge in [0.25, 0.3) is 0 Å². The maximum absolute atomic E-state index is 13.0. The lowest BCUT2D eigenvalue weighted by Crippen LogP contribution is -2.23. The van der Waals surface area contributed by atoms with E-state index >= 15 is 0 Å². The number of aromatic nitrogens is 1. The van der Waals surface area contributed by atoms with E-state index in [4.69, 9.17) is 5.73 Å². The van der Waals surface area contributed by atoms with E-state index in [9.17, 15) is 9.65 Å². The lowest BCUT2D eigenvalue weighted by Gasteiger charge is -2.21. The highest BCUT2D eigenvalue weighted by molar-refractivity contribution is 5.68. The van der Waals surface area contributed by atoms with Gasteiger partial charge in [0.2, 0.25) is 0 Å². The minimum atomic E-state index is -0.258. The first kappa shape index (κ1) is 13.5. The second kappa shape index (κ2) is 5.49. The SMILES string of the molecule is N#Cc1cc(N)c(N2CCCC2)n1Cc1ccc(F)cc1. The fourth-order valence-corrected chi connectivity index (χ4v) is 2.87. The molecule has 1 saturated heterocycles. The maximum atomic E-state index is 13.0. The average molecular weight is 284 g/mol. The molecule has 4 nitrogen and oxygen atoms in total. The molecule has 0 unspecified atom stereocenters. The number of rotatable bonds is 3. The van der Waals surface area contributed by atoms with Crippen LogP contribution in [0, 0.1) is 17.1 Å². The second-order valence-electron chi connectivity index (χ2n) is 5.33. The molecule has 1 fully saturated rings. The van der Waals surface area contributed by atoms with Crippen molar-refractivity contribution in [3.05, 3.63) is 47.4 Å². The van der Waals surface area contributed by atoms with Crippen molar-refractivity contribution < 1.29 is 4.39 Å². The van der Waals surface area contributed by atoms with Gasteiger partial charge in [0, 0.05) is 13.1 Å². The smallest absolute Gasteiger partial charge is 0.133 e. The minimum Gasteiger partial charge on any atom is -0.396 e. The first-order chi connectivity index (χ1) is 10.2. The molecule has 2 N–H and O–H groups in total. The van der Waals surface area contributed by atoms with Gasteiger partial charge < -0.3 is 15.2 Å². The summed E-state index contributed by atoms with van der Waals surface area (Å²) < 4.78 is 14.9. The van der Waals surface area contributed by atoms with E-state index in [1.165, 1.54) is 12.1 Å². The molecule has 0 bridgehead atoms. The Balaban J connectivity index is 1.99. The quantitative estimate of drug-likeness (QED) is 0.942. The van der Waals surface area contributed by atoms with Crippen molar-refractivity contribution >= 4 is 11.5 Å². The van der Waals surface area contributed by atoms with E-state index in [1.54, 1.807) is 18.2 Å². The Morgan fingerprint density at radius 1 is 1.19 bits per heavy atom. The summed E-state index contributed by atoms with van der Waals surface area (Å²) >= 11 is 0. The molecule has 108 valence electrons. The van der Waals surface area contributed by atoms with E-state index in [0.717, 1.165) is 37.3 Å². The standard InChI is InChI=1S/C16H17FN4/c17-13-5-3-12(4-6-13)11-21-14(10-18)9-15(19)16(21)20-7-1-2-8-20/h3-6,9H,1-2,7-8,11,19H2. The number of halogens is 1.